The number of pyridine rings is 1. The van der Waals surface area contributed by atoms with E-state index in [1.165, 1.54) is 6.07 Å². The highest BCUT2D eigenvalue weighted by atomic mass is 16.5. The van der Waals surface area contributed by atoms with Crippen LogP contribution >= 0.6 is 0 Å². The maximum absolute atomic E-state index is 10.9. The predicted molar refractivity (Wildman–Crippen MR) is 51.6 cm³/mol. The second-order valence-electron chi connectivity index (χ2n) is 2.85. The lowest BCUT2D eigenvalue weighted by Gasteiger charge is -2.05. The number of ether oxygens (including phenoxy) is 1. The number of nitrogens with two attached hydrogens (primary N) is 1. The number of aryl methyl sites for hydroxylation is 1. The molecule has 0 fully saturated rings. The third kappa shape index (κ3) is 2.91. The molecule has 0 amide bonds. The molecule has 4 heteroatoms. The first kappa shape index (κ1) is 9.80. The molecule has 72 valence electrons. The van der Waals surface area contributed by atoms with Crippen LogP contribution in [0.3, 0.4) is 0 Å². The molecule has 1 heterocycles. The molecular weight excluding hydrogens is 168 g/mol. The highest BCUT2D eigenvalue weighted by molar-refractivity contribution is 5.33. The summed E-state index contributed by atoms with van der Waals surface area (Å²) in [5.41, 5.74) is 5.63. The van der Waals surface area contributed by atoms with Crippen molar-refractivity contribution in [2.24, 2.45) is 0 Å². The van der Waals surface area contributed by atoms with Crippen molar-refractivity contribution in [1.29, 1.82) is 0 Å². The van der Waals surface area contributed by atoms with Crippen molar-refractivity contribution in [1.82, 2.24) is 4.57 Å². The summed E-state index contributed by atoms with van der Waals surface area (Å²) in [7, 11) is 1.67. The van der Waals surface area contributed by atoms with E-state index in [-0.39, 0.29) is 5.43 Å². The second-order valence-corrected chi connectivity index (χ2v) is 2.85. The highest BCUT2D eigenvalue weighted by Gasteiger charge is 1.94. The molecule has 0 aromatic carbocycles. The normalized spacial score (nSPS) is 10.2. The van der Waals surface area contributed by atoms with E-state index in [2.05, 4.69) is 0 Å². The minimum atomic E-state index is -0.122. The highest BCUT2D eigenvalue weighted by Crippen LogP contribution is 1.95. The molecule has 1 aromatic rings. The van der Waals surface area contributed by atoms with Crippen LogP contribution in [0, 0.1) is 0 Å². The molecule has 0 aliphatic heterocycles. The van der Waals surface area contributed by atoms with Crippen molar-refractivity contribution in [2.45, 2.75) is 13.0 Å². The van der Waals surface area contributed by atoms with Gasteiger partial charge in [-0.3, -0.25) is 4.79 Å². The molecule has 0 radical (unpaired) electrons. The number of hydrogen-bond donors (Lipinski definition) is 1. The van der Waals surface area contributed by atoms with Gasteiger partial charge in [0.1, 0.15) is 0 Å². The zero-order valence-electron chi connectivity index (χ0n) is 7.69. The van der Waals surface area contributed by atoms with Crippen LogP contribution in [0.25, 0.3) is 0 Å². The van der Waals surface area contributed by atoms with Crippen molar-refractivity contribution < 1.29 is 4.74 Å². The summed E-state index contributed by atoms with van der Waals surface area (Å²) in [5, 5.41) is 0. The lowest BCUT2D eigenvalue weighted by Crippen LogP contribution is -2.11. The largest absolute Gasteiger partial charge is 0.394 e. The van der Waals surface area contributed by atoms with E-state index in [0.717, 1.165) is 13.0 Å². The van der Waals surface area contributed by atoms with E-state index in [1.807, 2.05) is 4.57 Å². The third-order valence-electron chi connectivity index (χ3n) is 1.77. The van der Waals surface area contributed by atoms with E-state index in [0.29, 0.717) is 12.3 Å². The van der Waals surface area contributed by atoms with Crippen LogP contribution in [0.2, 0.25) is 0 Å². The van der Waals surface area contributed by atoms with Gasteiger partial charge in [0.2, 0.25) is 5.43 Å². The molecule has 0 aliphatic carbocycles. The van der Waals surface area contributed by atoms with E-state index in [9.17, 15) is 4.79 Å². The van der Waals surface area contributed by atoms with Crippen molar-refractivity contribution in [3.8, 4) is 0 Å². The molecule has 0 saturated heterocycles. The smallest absolute Gasteiger partial charge is 0.204 e. The molecule has 4 nitrogen and oxygen atoms in total. The summed E-state index contributed by atoms with van der Waals surface area (Å²) in [5.74, 6) is 0. The fraction of sp³-hybridized carbons (Fsp3) is 0.444. The van der Waals surface area contributed by atoms with Gasteiger partial charge in [0.05, 0.1) is 5.69 Å². The monoisotopic (exact) mass is 182 g/mol. The van der Waals surface area contributed by atoms with Crippen LogP contribution in [0.1, 0.15) is 6.42 Å². The average molecular weight is 182 g/mol. The van der Waals surface area contributed by atoms with E-state index < -0.39 is 0 Å². The van der Waals surface area contributed by atoms with Gasteiger partial charge in [-0.2, -0.15) is 0 Å². The Morgan fingerprint density at radius 3 is 3.00 bits per heavy atom. The predicted octanol–water partition coefficient (Wildman–Crippen LogP) is 0.467. The Morgan fingerprint density at radius 2 is 2.38 bits per heavy atom. The van der Waals surface area contributed by atoms with Gasteiger partial charge in [-0.15, -0.1) is 0 Å². The van der Waals surface area contributed by atoms with E-state index in [4.69, 9.17) is 10.5 Å². The number of methoxy groups -OCH3 is 1. The summed E-state index contributed by atoms with van der Waals surface area (Å²) in [6.45, 7) is 1.53. The zero-order chi connectivity index (χ0) is 9.68. The summed E-state index contributed by atoms with van der Waals surface area (Å²) in [6.07, 6.45) is 4.30. The average Bonchev–Trinajstić information content (AvgIpc) is 2.12. The maximum atomic E-state index is 10.9. The summed E-state index contributed by atoms with van der Waals surface area (Å²) in [6, 6.07) is 1.47. The number of rotatable bonds is 4. The first-order valence-corrected chi connectivity index (χ1v) is 4.18. The molecule has 0 unspecified atom stereocenters. The minimum absolute atomic E-state index is 0.122. The minimum Gasteiger partial charge on any atom is -0.394 e. The Balaban J connectivity index is 2.58. The van der Waals surface area contributed by atoms with Gasteiger partial charge < -0.3 is 15.0 Å². The van der Waals surface area contributed by atoms with Crippen molar-refractivity contribution >= 4 is 5.69 Å². The first-order valence-electron chi connectivity index (χ1n) is 4.18. The topological polar surface area (TPSA) is 57.2 Å². The molecule has 0 spiro atoms. The molecule has 0 atom stereocenters. The number of hydrogen-bond acceptors (Lipinski definition) is 3. The molecule has 1 rings (SSSR count). The van der Waals surface area contributed by atoms with Gasteiger partial charge in [-0.1, -0.05) is 0 Å². The Kier molecular flexibility index (Phi) is 3.52. The Morgan fingerprint density at radius 1 is 1.62 bits per heavy atom. The van der Waals surface area contributed by atoms with Crippen LogP contribution in [0.5, 0.6) is 0 Å². The molecule has 13 heavy (non-hydrogen) atoms. The molecule has 0 aliphatic rings. The van der Waals surface area contributed by atoms with E-state index in [1.54, 1.807) is 19.5 Å². The van der Waals surface area contributed by atoms with Gasteiger partial charge in [-0.05, 0) is 6.42 Å². The van der Waals surface area contributed by atoms with Gasteiger partial charge in [0.25, 0.3) is 0 Å². The van der Waals surface area contributed by atoms with Gasteiger partial charge in [-0.25, -0.2) is 0 Å². The molecule has 1 aromatic heterocycles. The fourth-order valence-electron chi connectivity index (χ4n) is 1.08. The van der Waals surface area contributed by atoms with Crippen molar-refractivity contribution in [2.75, 3.05) is 19.5 Å². The third-order valence-corrected chi connectivity index (χ3v) is 1.77. The molecule has 2 N–H and O–H groups in total. The Labute approximate surface area is 76.9 Å². The zero-order valence-corrected chi connectivity index (χ0v) is 7.69. The standard InChI is InChI=1S/C9H14N2O2/c1-13-6-2-4-11-5-3-9(12)8(10)7-11/h3,5,7H,2,4,6,10H2,1H3. The van der Waals surface area contributed by atoms with Crippen LogP contribution in [0.4, 0.5) is 5.69 Å². The van der Waals surface area contributed by atoms with Crippen molar-refractivity contribution in [3.05, 3.63) is 28.7 Å². The van der Waals surface area contributed by atoms with Gasteiger partial charge in [0.15, 0.2) is 0 Å². The summed E-state index contributed by atoms with van der Waals surface area (Å²) < 4.78 is 6.80. The lowest BCUT2D eigenvalue weighted by molar-refractivity contribution is 0.190. The molecule has 0 saturated carbocycles. The summed E-state index contributed by atoms with van der Waals surface area (Å²) in [4.78, 5) is 10.9. The van der Waals surface area contributed by atoms with Gasteiger partial charge >= 0.3 is 0 Å². The van der Waals surface area contributed by atoms with E-state index >= 15 is 0 Å². The number of nitrogens with zero attached hydrogens (tertiary/aromatic N) is 1. The fourth-order valence-corrected chi connectivity index (χ4v) is 1.08. The second kappa shape index (κ2) is 4.67. The quantitative estimate of drug-likeness (QED) is 0.688. The number of nitrogen functional groups attached to an aromatic ring is 1. The first-order chi connectivity index (χ1) is 6.24. The molecular formula is C9H14N2O2. The summed E-state index contributed by atoms with van der Waals surface area (Å²) >= 11 is 0. The Bertz CT molecular complexity index is 320. The van der Waals surface area contributed by atoms with Crippen LogP contribution in [-0.4, -0.2) is 18.3 Å². The van der Waals surface area contributed by atoms with Crippen LogP contribution in [-0.2, 0) is 11.3 Å². The number of anilines is 1. The van der Waals surface area contributed by atoms with Crippen LogP contribution < -0.4 is 11.2 Å². The SMILES string of the molecule is COCCCn1ccc(=O)c(N)c1. The van der Waals surface area contributed by atoms with Crippen molar-refractivity contribution in [3.63, 3.8) is 0 Å². The Hall–Kier alpha value is -1.29. The maximum Gasteiger partial charge on any atom is 0.204 e. The van der Waals surface area contributed by atoms with Gasteiger partial charge in [0, 0.05) is 38.7 Å². The lowest BCUT2D eigenvalue weighted by atomic mass is 10.4. The van der Waals surface area contributed by atoms with Crippen LogP contribution in [0.15, 0.2) is 23.3 Å². The number of aromatic nitrogens is 1. The molecule has 0 bridgehead atoms.